The van der Waals surface area contributed by atoms with Gasteiger partial charge in [-0.3, -0.25) is 10.2 Å². The van der Waals surface area contributed by atoms with E-state index in [1.54, 1.807) is 31.2 Å². The number of hydrogen-bond acceptors (Lipinski definition) is 4. The maximum absolute atomic E-state index is 12.4. The molecule has 6 nitrogen and oxygen atoms in total. The molecule has 130 valence electrons. The molecule has 0 atom stereocenters. The molecule has 0 radical (unpaired) electrons. The normalized spacial score (nSPS) is 11.6. The predicted octanol–water partition coefficient (Wildman–Crippen LogP) is 3.89. The molecule has 25 heavy (non-hydrogen) atoms. The summed E-state index contributed by atoms with van der Waals surface area (Å²) in [7, 11) is -3.96. The number of benzene rings is 2. The minimum Gasteiger partial charge on any atom is -0.451 e. The monoisotopic (exact) mass is 486 g/mol. The van der Waals surface area contributed by atoms with Crippen LogP contribution in [0, 0.1) is 6.92 Å². The first kappa shape index (κ1) is 18.1. The number of aryl methyl sites for hydroxylation is 1. The van der Waals surface area contributed by atoms with Gasteiger partial charge in [0.05, 0.1) is 4.90 Å². The summed E-state index contributed by atoms with van der Waals surface area (Å²) in [4.78, 5) is 14.4. The second-order valence-electron chi connectivity index (χ2n) is 5.19. The number of hydrazine groups is 1. The molecule has 0 aliphatic rings. The van der Waals surface area contributed by atoms with Crippen LogP contribution in [-0.4, -0.2) is 14.3 Å². The van der Waals surface area contributed by atoms with Gasteiger partial charge in [-0.25, -0.2) is 8.42 Å². The van der Waals surface area contributed by atoms with Gasteiger partial charge >= 0.3 is 5.91 Å². The zero-order chi connectivity index (χ0) is 18.2. The van der Waals surface area contributed by atoms with Crippen LogP contribution >= 0.6 is 31.9 Å². The molecule has 2 aromatic carbocycles. The van der Waals surface area contributed by atoms with E-state index < -0.39 is 15.9 Å². The topological polar surface area (TPSA) is 88.4 Å². The van der Waals surface area contributed by atoms with Crippen molar-refractivity contribution < 1.29 is 17.6 Å². The summed E-state index contributed by atoms with van der Waals surface area (Å²) in [6, 6.07) is 11.9. The van der Waals surface area contributed by atoms with Gasteiger partial charge in [0.2, 0.25) is 0 Å². The van der Waals surface area contributed by atoms with E-state index >= 15 is 0 Å². The number of fused-ring (bicyclic) bond motifs is 1. The zero-order valence-corrected chi connectivity index (χ0v) is 16.8. The third-order valence-electron chi connectivity index (χ3n) is 3.53. The number of amides is 1. The van der Waals surface area contributed by atoms with Crippen molar-refractivity contribution in [2.45, 2.75) is 11.8 Å². The summed E-state index contributed by atoms with van der Waals surface area (Å²) in [5, 5.41) is 0.797. The summed E-state index contributed by atoms with van der Waals surface area (Å²) in [6.45, 7) is 1.74. The first-order valence-corrected chi connectivity index (χ1v) is 10.1. The molecular weight excluding hydrogens is 476 g/mol. The molecule has 0 fully saturated rings. The third kappa shape index (κ3) is 3.64. The molecule has 1 heterocycles. The quantitative estimate of drug-likeness (QED) is 0.546. The van der Waals surface area contributed by atoms with Gasteiger partial charge in [0, 0.05) is 19.9 Å². The molecule has 0 saturated heterocycles. The molecule has 0 unspecified atom stereocenters. The molecule has 3 rings (SSSR count). The van der Waals surface area contributed by atoms with E-state index in [-0.39, 0.29) is 10.7 Å². The highest BCUT2D eigenvalue weighted by Gasteiger charge is 2.22. The molecular formula is C16H12Br2N2O4S. The van der Waals surface area contributed by atoms with Crippen molar-refractivity contribution in [1.82, 2.24) is 10.3 Å². The minimum absolute atomic E-state index is 0.0106. The van der Waals surface area contributed by atoms with E-state index in [1.165, 1.54) is 6.07 Å². The van der Waals surface area contributed by atoms with E-state index in [2.05, 4.69) is 42.1 Å². The van der Waals surface area contributed by atoms with Gasteiger partial charge in [-0.15, -0.1) is 4.83 Å². The summed E-state index contributed by atoms with van der Waals surface area (Å²) in [6.07, 6.45) is 0. The van der Waals surface area contributed by atoms with E-state index in [9.17, 15) is 13.2 Å². The molecule has 0 spiro atoms. The van der Waals surface area contributed by atoms with Crippen LogP contribution in [0.15, 0.2) is 60.7 Å². The smallest absolute Gasteiger partial charge is 0.302 e. The number of para-hydroxylation sites is 1. The minimum atomic E-state index is -3.96. The first-order valence-electron chi connectivity index (χ1n) is 7.05. The van der Waals surface area contributed by atoms with Crippen LogP contribution < -0.4 is 10.3 Å². The summed E-state index contributed by atoms with van der Waals surface area (Å²) in [5.74, 6) is -0.624. The highest BCUT2D eigenvalue weighted by atomic mass is 79.9. The van der Waals surface area contributed by atoms with Crippen molar-refractivity contribution in [1.29, 1.82) is 0 Å². The van der Waals surface area contributed by atoms with Gasteiger partial charge in [0.15, 0.2) is 5.76 Å². The largest absolute Gasteiger partial charge is 0.451 e. The number of halogens is 2. The standard InChI is InChI=1S/C16H12Br2N2O4S/c1-9-11-4-2-3-5-13(11)24-15(9)16(21)19-20-25(22,23)14-8-10(17)6-7-12(14)18/h2-8,20H,1H3,(H,19,21). The van der Waals surface area contributed by atoms with E-state index in [1.807, 2.05) is 12.1 Å². The Balaban J connectivity index is 1.83. The molecule has 0 bridgehead atoms. The maximum Gasteiger partial charge on any atom is 0.302 e. The molecule has 0 aliphatic carbocycles. The van der Waals surface area contributed by atoms with Crippen molar-refractivity contribution in [2.24, 2.45) is 0 Å². The number of rotatable bonds is 4. The van der Waals surface area contributed by atoms with Crippen LogP contribution in [0.2, 0.25) is 0 Å². The van der Waals surface area contributed by atoms with Crippen LogP contribution in [0.1, 0.15) is 16.1 Å². The fourth-order valence-electron chi connectivity index (χ4n) is 2.30. The van der Waals surface area contributed by atoms with E-state index in [0.29, 0.717) is 20.1 Å². The molecule has 0 saturated carbocycles. The fraction of sp³-hybridized carbons (Fsp3) is 0.0625. The second kappa shape index (κ2) is 6.91. The molecule has 1 aromatic heterocycles. The molecule has 2 N–H and O–H groups in total. The molecule has 1 amide bonds. The van der Waals surface area contributed by atoms with Gasteiger partial charge in [0.1, 0.15) is 5.58 Å². The van der Waals surface area contributed by atoms with E-state index in [0.717, 1.165) is 5.39 Å². The lowest BCUT2D eigenvalue weighted by molar-refractivity contribution is 0.0918. The Hall–Kier alpha value is -1.68. The highest BCUT2D eigenvalue weighted by Crippen LogP contribution is 2.26. The van der Waals surface area contributed by atoms with Gasteiger partial charge in [-0.2, -0.15) is 0 Å². The summed E-state index contributed by atoms with van der Waals surface area (Å²) >= 11 is 6.40. The Morgan fingerprint density at radius 1 is 1.12 bits per heavy atom. The van der Waals surface area contributed by atoms with Crippen LogP contribution in [0.4, 0.5) is 0 Å². The van der Waals surface area contributed by atoms with Crippen LogP contribution in [0.5, 0.6) is 0 Å². The van der Waals surface area contributed by atoms with Crippen molar-refractivity contribution in [3.8, 4) is 0 Å². The SMILES string of the molecule is Cc1c(C(=O)NNS(=O)(=O)c2cc(Br)ccc2Br)oc2ccccc12. The summed E-state index contributed by atoms with van der Waals surface area (Å²) in [5.41, 5.74) is 3.37. The Labute approximate surface area is 160 Å². The Morgan fingerprint density at radius 2 is 1.84 bits per heavy atom. The Kier molecular flexibility index (Phi) is 5.01. The molecule has 0 aliphatic heterocycles. The molecule has 3 aromatic rings. The average Bonchev–Trinajstić information content (AvgIpc) is 2.92. The summed E-state index contributed by atoms with van der Waals surface area (Å²) < 4.78 is 31.3. The van der Waals surface area contributed by atoms with Crippen LogP contribution in [-0.2, 0) is 10.0 Å². The number of hydrogen-bond donors (Lipinski definition) is 2. The van der Waals surface area contributed by atoms with Crippen molar-refractivity contribution in [3.05, 3.63) is 62.7 Å². The van der Waals surface area contributed by atoms with E-state index in [4.69, 9.17) is 4.42 Å². The van der Waals surface area contributed by atoms with Crippen LogP contribution in [0.3, 0.4) is 0 Å². The molecule has 9 heteroatoms. The number of nitrogens with one attached hydrogen (secondary N) is 2. The number of sulfonamides is 1. The van der Waals surface area contributed by atoms with Crippen LogP contribution in [0.25, 0.3) is 11.0 Å². The Bertz CT molecular complexity index is 1080. The average molecular weight is 488 g/mol. The van der Waals surface area contributed by atoms with Gasteiger partial charge in [0.25, 0.3) is 10.0 Å². The van der Waals surface area contributed by atoms with Crippen molar-refractivity contribution in [3.63, 3.8) is 0 Å². The highest BCUT2D eigenvalue weighted by molar-refractivity contribution is 9.11. The predicted molar refractivity (Wildman–Crippen MR) is 101 cm³/mol. The maximum atomic E-state index is 12.4. The fourth-order valence-corrected chi connectivity index (χ4v) is 4.64. The second-order valence-corrected chi connectivity index (χ2v) is 8.61. The lowest BCUT2D eigenvalue weighted by Gasteiger charge is -2.09. The van der Waals surface area contributed by atoms with Gasteiger partial charge in [-0.1, -0.05) is 34.1 Å². The van der Waals surface area contributed by atoms with Crippen molar-refractivity contribution >= 4 is 58.8 Å². The zero-order valence-electron chi connectivity index (χ0n) is 12.8. The van der Waals surface area contributed by atoms with Gasteiger partial charge < -0.3 is 4.42 Å². The lowest BCUT2D eigenvalue weighted by atomic mass is 10.1. The van der Waals surface area contributed by atoms with Crippen molar-refractivity contribution in [2.75, 3.05) is 0 Å². The number of carbonyl (C=O) groups is 1. The van der Waals surface area contributed by atoms with Gasteiger partial charge in [-0.05, 0) is 47.1 Å². The Morgan fingerprint density at radius 3 is 2.56 bits per heavy atom. The first-order chi connectivity index (χ1) is 11.8. The third-order valence-corrected chi connectivity index (χ3v) is 6.27. The lowest BCUT2D eigenvalue weighted by Crippen LogP contribution is -2.41. The number of furan rings is 1. The number of carbonyl (C=O) groups excluding carboxylic acids is 1.